The molecule has 19 heteroatoms. The van der Waals surface area contributed by atoms with Gasteiger partial charge in [0.15, 0.2) is 12.2 Å². The van der Waals surface area contributed by atoms with Gasteiger partial charge in [0, 0.05) is 25.7 Å². The maximum Gasteiger partial charge on any atom is 0.472 e. The molecule has 2 unspecified atom stereocenters. The van der Waals surface area contributed by atoms with Crippen molar-refractivity contribution in [3.8, 4) is 0 Å². The number of aliphatic hydroxyl groups excluding tert-OH is 1. The summed E-state index contributed by atoms with van der Waals surface area (Å²) in [7, 11) is -9.93. The molecule has 0 radical (unpaired) electrons. The second-order valence-corrected chi connectivity index (χ2v) is 36.0. The third-order valence-electron chi connectivity index (χ3n) is 20.6. The summed E-state index contributed by atoms with van der Waals surface area (Å²) in [5.41, 5.74) is 0. The van der Waals surface area contributed by atoms with Crippen molar-refractivity contribution in [2.75, 3.05) is 39.6 Å². The van der Waals surface area contributed by atoms with E-state index in [1.54, 1.807) is 0 Å². The highest BCUT2D eigenvalue weighted by atomic mass is 31.2. The van der Waals surface area contributed by atoms with Crippen LogP contribution in [0.1, 0.15) is 466 Å². The van der Waals surface area contributed by atoms with E-state index in [1.807, 2.05) is 0 Å². The molecule has 0 aromatic heterocycles. The molecule has 17 nitrogen and oxygen atoms in total. The summed E-state index contributed by atoms with van der Waals surface area (Å²) >= 11 is 0. The number of carbonyl (C=O) groups excluding carboxylic acids is 4. The molecule has 0 rings (SSSR count). The van der Waals surface area contributed by atoms with Gasteiger partial charge in [-0.05, 0) is 43.4 Å². The number of rotatable bonds is 86. The number of ether oxygens (including phenoxy) is 4. The summed E-state index contributed by atoms with van der Waals surface area (Å²) in [6.07, 6.45) is 69.4. The van der Waals surface area contributed by atoms with E-state index in [0.29, 0.717) is 25.7 Å². The van der Waals surface area contributed by atoms with Gasteiger partial charge in [-0.1, -0.05) is 414 Å². The lowest BCUT2D eigenvalue weighted by atomic mass is 10.0. The van der Waals surface area contributed by atoms with Crippen molar-refractivity contribution in [2.24, 2.45) is 17.8 Å². The Hall–Kier alpha value is -1.94. The van der Waals surface area contributed by atoms with E-state index in [0.717, 1.165) is 108 Å². The largest absolute Gasteiger partial charge is 0.472 e. The van der Waals surface area contributed by atoms with E-state index < -0.39 is 97.5 Å². The van der Waals surface area contributed by atoms with Crippen LogP contribution >= 0.6 is 15.6 Å². The number of esters is 4. The van der Waals surface area contributed by atoms with Crippen LogP contribution in [0, 0.1) is 17.8 Å². The van der Waals surface area contributed by atoms with Crippen LogP contribution in [-0.4, -0.2) is 96.7 Å². The molecule has 0 aliphatic rings. The van der Waals surface area contributed by atoms with Crippen LogP contribution in [0.2, 0.25) is 0 Å². The number of phosphoric acid groups is 2. The molecule has 107 heavy (non-hydrogen) atoms. The van der Waals surface area contributed by atoms with Crippen LogP contribution in [0.3, 0.4) is 0 Å². The van der Waals surface area contributed by atoms with Crippen LogP contribution in [-0.2, 0) is 65.4 Å². The van der Waals surface area contributed by atoms with E-state index in [4.69, 9.17) is 37.0 Å². The quantitative estimate of drug-likeness (QED) is 0.0222. The summed E-state index contributed by atoms with van der Waals surface area (Å²) in [5.74, 6) is 0.252. The number of unbranched alkanes of at least 4 members (excludes halogenated alkanes) is 54. The molecule has 0 amide bonds. The van der Waals surface area contributed by atoms with Gasteiger partial charge in [0.1, 0.15) is 19.3 Å². The normalized spacial score (nSPS) is 13.8. The molecule has 0 aromatic carbocycles. The van der Waals surface area contributed by atoms with Crippen molar-refractivity contribution in [3.05, 3.63) is 0 Å². The molecule has 0 saturated carbocycles. The average Bonchev–Trinajstić information content (AvgIpc) is 0.986. The van der Waals surface area contributed by atoms with E-state index in [-0.39, 0.29) is 25.7 Å². The van der Waals surface area contributed by atoms with Gasteiger partial charge < -0.3 is 33.8 Å². The smallest absolute Gasteiger partial charge is 0.462 e. The van der Waals surface area contributed by atoms with Crippen molar-refractivity contribution in [2.45, 2.75) is 484 Å². The minimum atomic E-state index is -4.97. The highest BCUT2D eigenvalue weighted by Crippen LogP contribution is 2.45. The van der Waals surface area contributed by atoms with E-state index in [1.165, 1.54) is 276 Å². The maximum absolute atomic E-state index is 13.2. The Morgan fingerprint density at radius 2 is 0.430 bits per heavy atom. The molecule has 0 spiro atoms. The summed E-state index contributed by atoms with van der Waals surface area (Å²) < 4.78 is 69.0. The fourth-order valence-corrected chi connectivity index (χ4v) is 15.3. The van der Waals surface area contributed by atoms with Gasteiger partial charge >= 0.3 is 39.5 Å². The highest BCUT2D eigenvalue weighted by Gasteiger charge is 2.31. The molecule has 3 N–H and O–H groups in total. The number of aliphatic hydroxyl groups is 1. The van der Waals surface area contributed by atoms with Crippen LogP contribution in [0.25, 0.3) is 0 Å². The molecule has 5 atom stereocenters. The van der Waals surface area contributed by atoms with Crippen LogP contribution in [0.15, 0.2) is 0 Å². The molecule has 636 valence electrons. The lowest BCUT2D eigenvalue weighted by molar-refractivity contribution is -0.161. The van der Waals surface area contributed by atoms with Gasteiger partial charge in [-0.2, -0.15) is 0 Å². The van der Waals surface area contributed by atoms with Crippen LogP contribution in [0.5, 0.6) is 0 Å². The van der Waals surface area contributed by atoms with Gasteiger partial charge in [-0.15, -0.1) is 0 Å². The Labute approximate surface area is 658 Å². The molecule has 0 fully saturated rings. The second-order valence-electron chi connectivity index (χ2n) is 33.1. The Morgan fingerprint density at radius 3 is 0.636 bits per heavy atom. The highest BCUT2D eigenvalue weighted by molar-refractivity contribution is 7.47. The van der Waals surface area contributed by atoms with Gasteiger partial charge in [0.05, 0.1) is 26.4 Å². The van der Waals surface area contributed by atoms with Gasteiger partial charge in [0.25, 0.3) is 0 Å². The Balaban J connectivity index is 5.26. The molecular formula is C88H172O17P2. The van der Waals surface area contributed by atoms with Crippen LogP contribution in [0.4, 0.5) is 0 Å². The van der Waals surface area contributed by atoms with Gasteiger partial charge in [0.2, 0.25) is 0 Å². The van der Waals surface area contributed by atoms with Crippen molar-refractivity contribution in [1.29, 1.82) is 0 Å². The fraction of sp³-hybridized carbons (Fsp3) is 0.955. The zero-order valence-corrected chi connectivity index (χ0v) is 72.4. The van der Waals surface area contributed by atoms with E-state index >= 15 is 0 Å². The molecule has 0 aliphatic heterocycles. The Kier molecular flexibility index (Phi) is 76.6. The van der Waals surface area contributed by atoms with Crippen molar-refractivity contribution < 1.29 is 80.2 Å². The van der Waals surface area contributed by atoms with Crippen molar-refractivity contribution >= 4 is 39.5 Å². The minimum absolute atomic E-state index is 0.108. The fourth-order valence-electron chi connectivity index (χ4n) is 13.7. The number of hydrogen-bond donors (Lipinski definition) is 3. The summed E-state index contributed by atoms with van der Waals surface area (Å²) in [6.45, 7) is 12.0. The zero-order valence-electron chi connectivity index (χ0n) is 70.6. The third-order valence-corrected chi connectivity index (χ3v) is 22.5. The second kappa shape index (κ2) is 78.0. The molecule has 0 saturated heterocycles. The molecular weight excluding hydrogens is 1390 g/mol. The van der Waals surface area contributed by atoms with Crippen molar-refractivity contribution in [1.82, 2.24) is 0 Å². The number of hydrogen-bond acceptors (Lipinski definition) is 15. The number of carbonyl (C=O) groups is 4. The number of phosphoric ester groups is 2. The first-order chi connectivity index (χ1) is 51.7. The summed E-state index contributed by atoms with van der Waals surface area (Å²) in [5, 5.41) is 10.7. The van der Waals surface area contributed by atoms with Crippen molar-refractivity contribution in [3.63, 3.8) is 0 Å². The third kappa shape index (κ3) is 81.9. The summed E-state index contributed by atoms with van der Waals surface area (Å²) in [6, 6.07) is 0. The Morgan fingerprint density at radius 1 is 0.252 bits per heavy atom. The summed E-state index contributed by atoms with van der Waals surface area (Å²) in [4.78, 5) is 73.3. The molecule has 0 heterocycles. The lowest BCUT2D eigenvalue weighted by Crippen LogP contribution is -2.30. The monoisotopic (exact) mass is 1560 g/mol. The predicted molar refractivity (Wildman–Crippen MR) is 441 cm³/mol. The molecule has 0 aromatic rings. The molecule has 0 aliphatic carbocycles. The average molecular weight is 1560 g/mol. The first-order valence-electron chi connectivity index (χ1n) is 45.3. The predicted octanol–water partition coefficient (Wildman–Crippen LogP) is 26.9. The van der Waals surface area contributed by atoms with Gasteiger partial charge in [-0.3, -0.25) is 37.3 Å². The van der Waals surface area contributed by atoms with E-state index in [2.05, 4.69) is 48.5 Å². The standard InChI is InChI=1S/C88H172O17P2/c1-8-9-10-11-12-13-14-15-16-17-18-19-24-30-35-42-50-57-64-71-87(92)104-83(75-98-85(90)69-62-55-48-41-34-29-25-20-22-27-32-38-45-52-59-66-79(2)3)77-102-106(94,95)100-73-82(89)74-101-107(96,97)103-78-84(76-99-86(91)70-63-56-49-44-37-40-47-54-61-68-81(6)7)105-88(93)72-65-58-51-43-36-31-26-21-23-28-33-39-46-53-60-67-80(4)5/h79-84,89H,8-78H2,1-7H3,(H,94,95)(H,96,97)/t82-,83-,84-/m1/s1. The minimum Gasteiger partial charge on any atom is -0.462 e. The first kappa shape index (κ1) is 105. The zero-order chi connectivity index (χ0) is 78.6. The Bertz CT molecular complexity index is 2060. The lowest BCUT2D eigenvalue weighted by Gasteiger charge is -2.21. The first-order valence-corrected chi connectivity index (χ1v) is 48.3. The SMILES string of the molecule is CCCCCCCCCCCCCCCCCCCCCC(=O)O[C@H](COC(=O)CCCCCCCCCCCCCCCCCC(C)C)COP(=O)(O)OC[C@@H](O)COP(=O)(O)OC[C@@H](COC(=O)CCCCCCCCCCCC(C)C)OC(=O)CCCCCCCCCCCCCCCCCC(C)C. The van der Waals surface area contributed by atoms with Crippen LogP contribution < -0.4 is 0 Å². The maximum atomic E-state index is 13.2. The topological polar surface area (TPSA) is 237 Å². The molecule has 0 bridgehead atoms. The van der Waals surface area contributed by atoms with E-state index in [9.17, 15) is 43.2 Å². The van der Waals surface area contributed by atoms with Gasteiger partial charge in [-0.25, -0.2) is 9.13 Å².